The van der Waals surface area contributed by atoms with E-state index < -0.39 is 0 Å². The highest BCUT2D eigenvalue weighted by atomic mass is 16.5. The molecule has 0 aromatic heterocycles. The molecule has 0 spiro atoms. The van der Waals surface area contributed by atoms with Crippen LogP contribution in [0.3, 0.4) is 0 Å². The summed E-state index contributed by atoms with van der Waals surface area (Å²) >= 11 is 0. The van der Waals surface area contributed by atoms with Gasteiger partial charge in [0.25, 0.3) is 0 Å². The van der Waals surface area contributed by atoms with E-state index in [1.807, 2.05) is 19.1 Å². The molecular weight excluding hydrogens is 224 g/mol. The second kappa shape index (κ2) is 5.51. The van der Waals surface area contributed by atoms with Crippen molar-refractivity contribution in [2.75, 3.05) is 23.8 Å². The highest BCUT2D eigenvalue weighted by molar-refractivity contribution is 5.74. The standard InChI is InChI=1S/C15H24N2O/c1-4-18-14-7-5-6-13(15(14)16)17(11(2)3)10-12-8-9-12/h5-7,11-12H,4,8-10,16H2,1-3H3. The molecule has 3 heteroatoms. The van der Waals surface area contributed by atoms with Gasteiger partial charge >= 0.3 is 0 Å². The molecule has 0 aliphatic heterocycles. The molecule has 0 radical (unpaired) electrons. The number of benzene rings is 1. The minimum absolute atomic E-state index is 0.463. The number of hydrogen-bond acceptors (Lipinski definition) is 3. The number of nitrogen functional groups attached to an aromatic ring is 1. The van der Waals surface area contributed by atoms with Crippen LogP contribution in [0, 0.1) is 5.92 Å². The zero-order chi connectivity index (χ0) is 13.1. The predicted molar refractivity (Wildman–Crippen MR) is 77.2 cm³/mol. The largest absolute Gasteiger partial charge is 0.492 e. The number of rotatable bonds is 6. The molecule has 0 bridgehead atoms. The number of anilines is 2. The Bertz CT molecular complexity index is 399. The normalized spacial score (nSPS) is 14.9. The number of hydrogen-bond donors (Lipinski definition) is 1. The van der Waals surface area contributed by atoms with E-state index in [0.29, 0.717) is 12.6 Å². The van der Waals surface area contributed by atoms with Crippen LogP contribution in [0.5, 0.6) is 5.75 Å². The fourth-order valence-corrected chi connectivity index (χ4v) is 2.23. The van der Waals surface area contributed by atoms with Gasteiger partial charge in [0.15, 0.2) is 0 Å². The molecule has 0 unspecified atom stereocenters. The molecule has 0 amide bonds. The molecule has 0 heterocycles. The van der Waals surface area contributed by atoms with Crippen LogP contribution >= 0.6 is 0 Å². The van der Waals surface area contributed by atoms with Gasteiger partial charge in [-0.1, -0.05) is 6.07 Å². The third-order valence-electron chi connectivity index (χ3n) is 3.43. The van der Waals surface area contributed by atoms with Gasteiger partial charge in [0.05, 0.1) is 18.0 Å². The van der Waals surface area contributed by atoms with Crippen LogP contribution in [0.1, 0.15) is 33.6 Å². The summed E-state index contributed by atoms with van der Waals surface area (Å²) in [5.41, 5.74) is 8.12. The van der Waals surface area contributed by atoms with Gasteiger partial charge in [-0.3, -0.25) is 0 Å². The Kier molecular flexibility index (Phi) is 4.00. The average Bonchev–Trinajstić information content (AvgIpc) is 3.13. The lowest BCUT2D eigenvalue weighted by molar-refractivity contribution is 0.342. The Labute approximate surface area is 110 Å². The van der Waals surface area contributed by atoms with Crippen LogP contribution < -0.4 is 15.4 Å². The Morgan fingerprint density at radius 2 is 2.11 bits per heavy atom. The smallest absolute Gasteiger partial charge is 0.144 e. The molecular formula is C15H24N2O. The molecule has 1 aromatic carbocycles. The van der Waals surface area contributed by atoms with Crippen LogP contribution in [0.15, 0.2) is 18.2 Å². The number of ether oxygens (including phenoxy) is 1. The maximum atomic E-state index is 6.24. The zero-order valence-corrected chi connectivity index (χ0v) is 11.6. The summed E-state index contributed by atoms with van der Waals surface area (Å²) in [4.78, 5) is 2.40. The Hall–Kier alpha value is -1.38. The first-order valence-corrected chi connectivity index (χ1v) is 6.91. The topological polar surface area (TPSA) is 38.5 Å². The van der Waals surface area contributed by atoms with Crippen molar-refractivity contribution in [3.05, 3.63) is 18.2 Å². The lowest BCUT2D eigenvalue weighted by Crippen LogP contribution is -2.33. The van der Waals surface area contributed by atoms with E-state index in [-0.39, 0.29) is 0 Å². The molecule has 0 atom stereocenters. The van der Waals surface area contributed by atoms with E-state index in [9.17, 15) is 0 Å². The average molecular weight is 248 g/mol. The molecule has 100 valence electrons. The second-order valence-electron chi connectivity index (χ2n) is 5.31. The van der Waals surface area contributed by atoms with Crippen molar-refractivity contribution < 1.29 is 4.74 Å². The van der Waals surface area contributed by atoms with Crippen LogP contribution in [0.2, 0.25) is 0 Å². The summed E-state index contributed by atoms with van der Waals surface area (Å²) in [5.74, 6) is 1.65. The molecule has 1 fully saturated rings. The summed E-state index contributed by atoms with van der Waals surface area (Å²) in [6.07, 6.45) is 2.71. The maximum absolute atomic E-state index is 6.24. The van der Waals surface area contributed by atoms with Gasteiger partial charge in [-0.2, -0.15) is 0 Å². The van der Waals surface area contributed by atoms with Crippen LogP contribution in [0.4, 0.5) is 11.4 Å². The zero-order valence-electron chi connectivity index (χ0n) is 11.6. The summed E-state index contributed by atoms with van der Waals surface area (Å²) in [7, 11) is 0. The molecule has 1 aliphatic rings. The van der Waals surface area contributed by atoms with Crippen LogP contribution in [0.25, 0.3) is 0 Å². The summed E-state index contributed by atoms with van der Waals surface area (Å²) < 4.78 is 5.58. The van der Waals surface area contributed by atoms with Crippen molar-refractivity contribution in [1.29, 1.82) is 0 Å². The molecule has 1 aliphatic carbocycles. The SMILES string of the molecule is CCOc1cccc(N(CC2CC2)C(C)C)c1N. The quantitative estimate of drug-likeness (QED) is 0.785. The minimum atomic E-state index is 0.463. The van der Waals surface area contributed by atoms with Crippen molar-refractivity contribution in [2.45, 2.75) is 39.7 Å². The fraction of sp³-hybridized carbons (Fsp3) is 0.600. The van der Waals surface area contributed by atoms with E-state index >= 15 is 0 Å². The van der Waals surface area contributed by atoms with Gasteiger partial charge in [-0.15, -0.1) is 0 Å². The van der Waals surface area contributed by atoms with Crippen molar-refractivity contribution in [3.8, 4) is 5.75 Å². The first-order chi connectivity index (χ1) is 8.63. The molecule has 0 saturated heterocycles. The highest BCUT2D eigenvalue weighted by Gasteiger charge is 2.26. The molecule has 2 rings (SSSR count). The van der Waals surface area contributed by atoms with Crippen LogP contribution in [-0.4, -0.2) is 19.2 Å². The third kappa shape index (κ3) is 2.89. The van der Waals surface area contributed by atoms with E-state index in [2.05, 4.69) is 24.8 Å². The Morgan fingerprint density at radius 1 is 1.39 bits per heavy atom. The van der Waals surface area contributed by atoms with E-state index in [0.717, 1.165) is 29.6 Å². The summed E-state index contributed by atoms with van der Waals surface area (Å²) in [5, 5.41) is 0. The van der Waals surface area contributed by atoms with Gasteiger partial charge in [0, 0.05) is 12.6 Å². The Balaban J connectivity index is 2.25. The van der Waals surface area contributed by atoms with Crippen molar-refractivity contribution in [2.24, 2.45) is 5.92 Å². The minimum Gasteiger partial charge on any atom is -0.492 e. The summed E-state index contributed by atoms with van der Waals surface area (Å²) in [6, 6.07) is 6.53. The van der Waals surface area contributed by atoms with Crippen molar-refractivity contribution >= 4 is 11.4 Å². The van der Waals surface area contributed by atoms with Crippen molar-refractivity contribution in [3.63, 3.8) is 0 Å². The fourth-order valence-electron chi connectivity index (χ4n) is 2.23. The van der Waals surface area contributed by atoms with Crippen LogP contribution in [-0.2, 0) is 0 Å². The monoisotopic (exact) mass is 248 g/mol. The van der Waals surface area contributed by atoms with Gasteiger partial charge in [-0.05, 0) is 51.7 Å². The first-order valence-electron chi connectivity index (χ1n) is 6.91. The third-order valence-corrected chi connectivity index (χ3v) is 3.43. The molecule has 2 N–H and O–H groups in total. The van der Waals surface area contributed by atoms with Gasteiger partial charge in [-0.25, -0.2) is 0 Å². The lowest BCUT2D eigenvalue weighted by Gasteiger charge is -2.30. The van der Waals surface area contributed by atoms with E-state index in [1.165, 1.54) is 12.8 Å². The van der Waals surface area contributed by atoms with Crippen molar-refractivity contribution in [1.82, 2.24) is 0 Å². The van der Waals surface area contributed by atoms with E-state index in [4.69, 9.17) is 10.5 Å². The first kappa shape index (κ1) is 13.1. The highest BCUT2D eigenvalue weighted by Crippen LogP contribution is 2.37. The molecule has 3 nitrogen and oxygen atoms in total. The number of para-hydroxylation sites is 1. The summed E-state index contributed by atoms with van der Waals surface area (Å²) in [6.45, 7) is 8.18. The van der Waals surface area contributed by atoms with Gasteiger partial charge < -0.3 is 15.4 Å². The molecule has 1 aromatic rings. The molecule has 18 heavy (non-hydrogen) atoms. The maximum Gasteiger partial charge on any atom is 0.144 e. The van der Waals surface area contributed by atoms with Gasteiger partial charge in [0.2, 0.25) is 0 Å². The molecule has 1 saturated carbocycles. The number of nitrogens with zero attached hydrogens (tertiary/aromatic N) is 1. The second-order valence-corrected chi connectivity index (χ2v) is 5.31. The number of nitrogens with two attached hydrogens (primary N) is 1. The predicted octanol–water partition coefficient (Wildman–Crippen LogP) is 3.29. The van der Waals surface area contributed by atoms with Gasteiger partial charge in [0.1, 0.15) is 5.75 Å². The lowest BCUT2D eigenvalue weighted by atomic mass is 10.1. The van der Waals surface area contributed by atoms with E-state index in [1.54, 1.807) is 0 Å². The Morgan fingerprint density at radius 3 is 2.67 bits per heavy atom.